The Labute approximate surface area is 118 Å². The van der Waals surface area contributed by atoms with E-state index >= 15 is 0 Å². The summed E-state index contributed by atoms with van der Waals surface area (Å²) in [4.78, 5) is 9.12. The molecule has 0 aliphatic heterocycles. The average Bonchev–Trinajstić information content (AvgIpc) is 3.32. The largest absolute Gasteiger partial charge is 0.493 e. The van der Waals surface area contributed by atoms with E-state index in [1.165, 1.54) is 12.8 Å². The first-order valence-corrected chi connectivity index (χ1v) is 6.89. The van der Waals surface area contributed by atoms with Crippen LogP contribution in [-0.2, 0) is 0 Å². The van der Waals surface area contributed by atoms with Gasteiger partial charge in [-0.1, -0.05) is 12.1 Å². The summed E-state index contributed by atoms with van der Waals surface area (Å²) in [6, 6.07) is 9.73. The number of hydrogen-bond acceptors (Lipinski definition) is 5. The molecule has 0 saturated heterocycles. The summed E-state index contributed by atoms with van der Waals surface area (Å²) >= 11 is 0. The molecule has 1 heterocycles. The van der Waals surface area contributed by atoms with E-state index in [0.717, 1.165) is 17.0 Å². The SMILES string of the molecule is CCOc1ccccc1-c1nc(NN)cc(C2CC2)n1. The van der Waals surface area contributed by atoms with Crippen LogP contribution >= 0.6 is 0 Å². The number of aromatic nitrogens is 2. The van der Waals surface area contributed by atoms with Gasteiger partial charge in [-0.15, -0.1) is 0 Å². The van der Waals surface area contributed by atoms with E-state index in [2.05, 4.69) is 15.4 Å². The van der Waals surface area contributed by atoms with Gasteiger partial charge < -0.3 is 10.2 Å². The first-order chi connectivity index (χ1) is 9.81. The molecule has 1 aliphatic carbocycles. The molecule has 104 valence electrons. The van der Waals surface area contributed by atoms with E-state index < -0.39 is 0 Å². The van der Waals surface area contributed by atoms with E-state index in [4.69, 9.17) is 10.6 Å². The molecule has 1 fully saturated rings. The van der Waals surface area contributed by atoms with Crippen molar-refractivity contribution in [3.05, 3.63) is 36.0 Å². The first-order valence-electron chi connectivity index (χ1n) is 6.89. The number of ether oxygens (including phenoxy) is 1. The number of nitrogens with one attached hydrogen (secondary N) is 1. The summed E-state index contributed by atoms with van der Waals surface area (Å²) in [5, 5.41) is 0. The topological polar surface area (TPSA) is 73.1 Å². The fourth-order valence-corrected chi connectivity index (χ4v) is 2.18. The van der Waals surface area contributed by atoms with Gasteiger partial charge in [0.1, 0.15) is 11.6 Å². The lowest BCUT2D eigenvalue weighted by molar-refractivity contribution is 0.341. The third-order valence-electron chi connectivity index (χ3n) is 3.32. The molecule has 0 bridgehead atoms. The molecule has 2 aromatic rings. The van der Waals surface area contributed by atoms with Crippen molar-refractivity contribution in [2.75, 3.05) is 12.0 Å². The molecule has 1 aromatic carbocycles. The smallest absolute Gasteiger partial charge is 0.165 e. The second-order valence-electron chi connectivity index (χ2n) is 4.85. The van der Waals surface area contributed by atoms with Crippen molar-refractivity contribution in [1.29, 1.82) is 0 Å². The van der Waals surface area contributed by atoms with Gasteiger partial charge in [-0.2, -0.15) is 0 Å². The van der Waals surface area contributed by atoms with Gasteiger partial charge in [0.05, 0.1) is 12.2 Å². The number of nitrogen functional groups attached to an aromatic ring is 1. The van der Waals surface area contributed by atoms with Crippen molar-refractivity contribution < 1.29 is 4.74 Å². The monoisotopic (exact) mass is 270 g/mol. The quantitative estimate of drug-likeness (QED) is 0.645. The fourth-order valence-electron chi connectivity index (χ4n) is 2.18. The molecular formula is C15H18N4O. The highest BCUT2D eigenvalue weighted by atomic mass is 16.5. The molecule has 0 atom stereocenters. The summed E-state index contributed by atoms with van der Waals surface area (Å²) in [7, 11) is 0. The Kier molecular flexibility index (Phi) is 3.52. The van der Waals surface area contributed by atoms with Crippen molar-refractivity contribution in [3.8, 4) is 17.1 Å². The van der Waals surface area contributed by atoms with Crippen LogP contribution in [0.4, 0.5) is 5.82 Å². The molecule has 1 saturated carbocycles. The van der Waals surface area contributed by atoms with Crippen LogP contribution in [0.15, 0.2) is 30.3 Å². The zero-order valence-electron chi connectivity index (χ0n) is 11.5. The summed E-state index contributed by atoms with van der Waals surface area (Å²) in [5.41, 5.74) is 4.57. The van der Waals surface area contributed by atoms with Crippen molar-refractivity contribution in [1.82, 2.24) is 9.97 Å². The van der Waals surface area contributed by atoms with Crippen molar-refractivity contribution in [3.63, 3.8) is 0 Å². The van der Waals surface area contributed by atoms with Gasteiger partial charge in [-0.25, -0.2) is 15.8 Å². The molecule has 5 heteroatoms. The van der Waals surface area contributed by atoms with Gasteiger partial charge in [0.25, 0.3) is 0 Å². The second kappa shape index (κ2) is 5.46. The van der Waals surface area contributed by atoms with Crippen LogP contribution in [0, 0.1) is 0 Å². The maximum atomic E-state index is 5.65. The van der Waals surface area contributed by atoms with Crippen molar-refractivity contribution in [2.45, 2.75) is 25.7 Å². The van der Waals surface area contributed by atoms with E-state index in [-0.39, 0.29) is 0 Å². The number of nitrogens with two attached hydrogens (primary N) is 1. The van der Waals surface area contributed by atoms with E-state index in [0.29, 0.717) is 24.2 Å². The highest BCUT2D eigenvalue weighted by molar-refractivity contribution is 5.65. The maximum Gasteiger partial charge on any atom is 0.165 e. The van der Waals surface area contributed by atoms with Crippen LogP contribution in [0.1, 0.15) is 31.4 Å². The fraction of sp³-hybridized carbons (Fsp3) is 0.333. The third kappa shape index (κ3) is 2.58. The Bertz CT molecular complexity index is 611. The Hall–Kier alpha value is -2.14. The van der Waals surface area contributed by atoms with Crippen LogP contribution in [0.2, 0.25) is 0 Å². The molecule has 0 spiro atoms. The number of para-hydroxylation sites is 1. The molecule has 3 rings (SSSR count). The lowest BCUT2D eigenvalue weighted by Gasteiger charge is -2.11. The summed E-state index contributed by atoms with van der Waals surface area (Å²) in [6.07, 6.45) is 2.38. The van der Waals surface area contributed by atoms with E-state index in [9.17, 15) is 0 Å². The standard InChI is InChI=1S/C15H18N4O/c1-2-20-13-6-4-3-5-11(13)15-17-12(10-7-8-10)9-14(18-15)19-16/h3-6,9-10H,2,7-8,16H2,1H3,(H,17,18,19). The van der Waals surface area contributed by atoms with Crippen molar-refractivity contribution >= 4 is 5.82 Å². The Morgan fingerprint density at radius 2 is 2.10 bits per heavy atom. The van der Waals surface area contributed by atoms with Gasteiger partial charge in [0.2, 0.25) is 0 Å². The van der Waals surface area contributed by atoms with E-state index in [1.54, 1.807) is 0 Å². The molecule has 3 N–H and O–H groups in total. The van der Waals surface area contributed by atoms with Gasteiger partial charge >= 0.3 is 0 Å². The van der Waals surface area contributed by atoms with Crippen LogP contribution < -0.4 is 16.0 Å². The minimum Gasteiger partial charge on any atom is -0.493 e. The number of rotatable bonds is 5. The highest BCUT2D eigenvalue weighted by Gasteiger charge is 2.26. The number of hydrazine groups is 1. The number of hydrogen-bond donors (Lipinski definition) is 2. The predicted molar refractivity (Wildman–Crippen MR) is 78.4 cm³/mol. The van der Waals surface area contributed by atoms with Gasteiger partial charge in [0.15, 0.2) is 5.82 Å². The van der Waals surface area contributed by atoms with Crippen LogP contribution in [0.3, 0.4) is 0 Å². The molecular weight excluding hydrogens is 252 g/mol. The van der Waals surface area contributed by atoms with Crippen LogP contribution in [0.25, 0.3) is 11.4 Å². The Morgan fingerprint density at radius 3 is 2.80 bits per heavy atom. The second-order valence-corrected chi connectivity index (χ2v) is 4.85. The average molecular weight is 270 g/mol. The third-order valence-corrected chi connectivity index (χ3v) is 3.32. The van der Waals surface area contributed by atoms with Crippen LogP contribution in [-0.4, -0.2) is 16.6 Å². The lowest BCUT2D eigenvalue weighted by Crippen LogP contribution is -2.10. The zero-order chi connectivity index (χ0) is 13.9. The van der Waals surface area contributed by atoms with Crippen molar-refractivity contribution in [2.24, 2.45) is 5.84 Å². The van der Waals surface area contributed by atoms with Gasteiger partial charge in [-0.05, 0) is 31.9 Å². The summed E-state index contributed by atoms with van der Waals surface area (Å²) < 4.78 is 5.65. The molecule has 0 unspecified atom stereocenters. The minimum atomic E-state index is 0.545. The molecule has 5 nitrogen and oxygen atoms in total. The maximum absolute atomic E-state index is 5.65. The molecule has 1 aromatic heterocycles. The minimum absolute atomic E-state index is 0.545. The zero-order valence-corrected chi connectivity index (χ0v) is 11.5. The van der Waals surface area contributed by atoms with Gasteiger partial charge in [-0.3, -0.25) is 0 Å². The summed E-state index contributed by atoms with van der Waals surface area (Å²) in [5.74, 6) is 8.15. The number of benzene rings is 1. The Balaban J connectivity index is 2.06. The first kappa shape index (κ1) is 12.9. The lowest BCUT2D eigenvalue weighted by atomic mass is 10.1. The molecule has 0 amide bonds. The predicted octanol–water partition coefficient (Wildman–Crippen LogP) is 2.71. The van der Waals surface area contributed by atoms with E-state index in [1.807, 2.05) is 37.3 Å². The highest BCUT2D eigenvalue weighted by Crippen LogP contribution is 2.40. The normalized spacial score (nSPS) is 14.1. The van der Waals surface area contributed by atoms with Crippen LogP contribution in [0.5, 0.6) is 5.75 Å². The molecule has 1 aliphatic rings. The molecule has 0 radical (unpaired) electrons. The van der Waals surface area contributed by atoms with Gasteiger partial charge in [0, 0.05) is 17.7 Å². The molecule has 20 heavy (non-hydrogen) atoms. The summed E-state index contributed by atoms with van der Waals surface area (Å²) in [6.45, 7) is 2.58. The number of nitrogens with zero attached hydrogens (tertiary/aromatic N) is 2. The number of anilines is 1. The Morgan fingerprint density at radius 1 is 1.30 bits per heavy atom.